The zero-order chi connectivity index (χ0) is 20.7. The summed E-state index contributed by atoms with van der Waals surface area (Å²) in [5.41, 5.74) is 4.75. The number of carbonyl (C=O) groups excluding carboxylic acids is 1. The zero-order valence-corrected chi connectivity index (χ0v) is 18.2. The van der Waals surface area contributed by atoms with Gasteiger partial charge in [-0.3, -0.25) is 4.79 Å². The summed E-state index contributed by atoms with van der Waals surface area (Å²) in [6.07, 6.45) is 4.76. The van der Waals surface area contributed by atoms with Crippen LogP contribution in [-0.2, 0) is 4.79 Å². The number of hydrogen-bond acceptors (Lipinski definition) is 3. The third-order valence-electron chi connectivity index (χ3n) is 5.51. The molecule has 152 valence electrons. The number of aryl methyl sites for hydroxylation is 2. The van der Waals surface area contributed by atoms with Crippen molar-refractivity contribution in [2.75, 3.05) is 7.11 Å². The number of esters is 1. The van der Waals surface area contributed by atoms with Crippen molar-refractivity contribution < 1.29 is 14.3 Å². The van der Waals surface area contributed by atoms with Crippen LogP contribution >= 0.6 is 0 Å². The topological polar surface area (TPSA) is 35.5 Å². The second-order valence-corrected chi connectivity index (χ2v) is 7.64. The van der Waals surface area contributed by atoms with Crippen LogP contribution in [0.1, 0.15) is 74.6 Å². The minimum Gasteiger partial charge on any atom is -0.496 e. The van der Waals surface area contributed by atoms with Crippen LogP contribution in [0, 0.1) is 19.8 Å². The highest BCUT2D eigenvalue weighted by Gasteiger charge is 2.25. The molecule has 0 bridgehead atoms. The van der Waals surface area contributed by atoms with E-state index in [9.17, 15) is 4.79 Å². The lowest BCUT2D eigenvalue weighted by Gasteiger charge is -2.28. The molecule has 0 amide bonds. The molecule has 0 saturated carbocycles. The van der Waals surface area contributed by atoms with Gasteiger partial charge in [0.1, 0.15) is 11.5 Å². The SMILES string of the molecule is CCCCC(CC)C(c1ccc(OC)c(C)c1)c1ccc(OC(C)=O)c(C)c1. The van der Waals surface area contributed by atoms with Crippen molar-refractivity contribution in [3.63, 3.8) is 0 Å². The lowest BCUT2D eigenvalue weighted by Crippen LogP contribution is -2.15. The Morgan fingerprint density at radius 2 is 1.54 bits per heavy atom. The van der Waals surface area contributed by atoms with Gasteiger partial charge in [-0.25, -0.2) is 0 Å². The Labute approximate surface area is 170 Å². The van der Waals surface area contributed by atoms with Gasteiger partial charge in [0.2, 0.25) is 0 Å². The molecule has 2 unspecified atom stereocenters. The summed E-state index contributed by atoms with van der Waals surface area (Å²) in [4.78, 5) is 11.3. The van der Waals surface area contributed by atoms with E-state index in [2.05, 4.69) is 51.1 Å². The lowest BCUT2D eigenvalue weighted by molar-refractivity contribution is -0.131. The van der Waals surface area contributed by atoms with Crippen LogP contribution in [0.25, 0.3) is 0 Å². The fraction of sp³-hybridized carbons (Fsp3) is 0.480. The molecule has 2 rings (SSSR count). The maximum absolute atomic E-state index is 11.3. The molecule has 0 spiro atoms. The first-order valence-corrected chi connectivity index (χ1v) is 10.3. The molecule has 2 atom stereocenters. The van der Waals surface area contributed by atoms with Crippen LogP contribution in [0.2, 0.25) is 0 Å². The van der Waals surface area contributed by atoms with Crippen molar-refractivity contribution >= 4 is 5.97 Å². The van der Waals surface area contributed by atoms with Crippen LogP contribution in [0.15, 0.2) is 36.4 Å². The molecule has 2 aromatic rings. The lowest BCUT2D eigenvalue weighted by atomic mass is 9.76. The number of methoxy groups -OCH3 is 1. The molecule has 0 radical (unpaired) electrons. The predicted octanol–water partition coefficient (Wildman–Crippen LogP) is 6.59. The van der Waals surface area contributed by atoms with Gasteiger partial charge in [-0.05, 0) is 60.6 Å². The molecule has 3 heteroatoms. The van der Waals surface area contributed by atoms with E-state index >= 15 is 0 Å². The molecule has 0 heterocycles. The number of unbranched alkanes of at least 4 members (excludes halogenated alkanes) is 1. The van der Waals surface area contributed by atoms with E-state index in [0.29, 0.717) is 17.6 Å². The average Bonchev–Trinajstić information content (AvgIpc) is 2.66. The minimum atomic E-state index is -0.285. The second kappa shape index (κ2) is 10.3. The van der Waals surface area contributed by atoms with E-state index in [4.69, 9.17) is 9.47 Å². The van der Waals surface area contributed by atoms with Crippen LogP contribution in [0.3, 0.4) is 0 Å². The maximum atomic E-state index is 11.3. The van der Waals surface area contributed by atoms with Gasteiger partial charge in [0.15, 0.2) is 0 Å². The Kier molecular flexibility index (Phi) is 8.10. The Bertz CT molecular complexity index is 794. The first-order valence-electron chi connectivity index (χ1n) is 10.3. The Hall–Kier alpha value is -2.29. The molecule has 0 N–H and O–H groups in total. The maximum Gasteiger partial charge on any atom is 0.308 e. The van der Waals surface area contributed by atoms with Crippen LogP contribution < -0.4 is 9.47 Å². The molecule has 0 aliphatic heterocycles. The normalized spacial score (nSPS) is 13.1. The van der Waals surface area contributed by atoms with E-state index in [1.165, 1.54) is 37.3 Å². The van der Waals surface area contributed by atoms with E-state index in [0.717, 1.165) is 23.3 Å². The van der Waals surface area contributed by atoms with Crippen LogP contribution in [0.4, 0.5) is 0 Å². The smallest absolute Gasteiger partial charge is 0.308 e. The molecule has 0 aromatic heterocycles. The molecule has 2 aromatic carbocycles. The summed E-state index contributed by atoms with van der Waals surface area (Å²) in [6.45, 7) is 10.1. The predicted molar refractivity (Wildman–Crippen MR) is 115 cm³/mol. The van der Waals surface area contributed by atoms with Crippen LogP contribution in [0.5, 0.6) is 11.5 Å². The summed E-state index contributed by atoms with van der Waals surface area (Å²) in [6, 6.07) is 12.8. The molecular formula is C25H34O3. The molecule has 3 nitrogen and oxygen atoms in total. The fourth-order valence-corrected chi connectivity index (χ4v) is 4.04. The first kappa shape index (κ1) is 22.0. The minimum absolute atomic E-state index is 0.285. The summed E-state index contributed by atoms with van der Waals surface area (Å²) in [7, 11) is 1.71. The standard InChI is InChI=1S/C25H34O3/c1-7-9-10-20(8-2)25(21-11-13-23(27-6)17(3)15-21)22-12-14-24(18(4)16-22)28-19(5)26/h11-16,20,25H,7-10H2,1-6H3. The molecule has 28 heavy (non-hydrogen) atoms. The van der Waals surface area contributed by atoms with Gasteiger partial charge in [0.05, 0.1) is 7.11 Å². The highest BCUT2D eigenvalue weighted by molar-refractivity contribution is 5.69. The van der Waals surface area contributed by atoms with Gasteiger partial charge in [-0.1, -0.05) is 57.4 Å². The first-order chi connectivity index (χ1) is 13.4. The highest BCUT2D eigenvalue weighted by atomic mass is 16.5. The van der Waals surface area contributed by atoms with Gasteiger partial charge in [0.25, 0.3) is 0 Å². The Morgan fingerprint density at radius 3 is 1.96 bits per heavy atom. The van der Waals surface area contributed by atoms with Crippen molar-refractivity contribution in [3.8, 4) is 11.5 Å². The number of ether oxygens (including phenoxy) is 2. The summed E-state index contributed by atoms with van der Waals surface area (Å²) in [5.74, 6) is 2.15. The van der Waals surface area contributed by atoms with Gasteiger partial charge >= 0.3 is 5.97 Å². The fourth-order valence-electron chi connectivity index (χ4n) is 4.04. The monoisotopic (exact) mass is 382 g/mol. The summed E-state index contributed by atoms with van der Waals surface area (Å²) >= 11 is 0. The molecule has 0 saturated heterocycles. The van der Waals surface area contributed by atoms with Crippen molar-refractivity contribution in [2.45, 2.75) is 66.2 Å². The van der Waals surface area contributed by atoms with Crippen molar-refractivity contribution in [1.29, 1.82) is 0 Å². The zero-order valence-electron chi connectivity index (χ0n) is 18.2. The van der Waals surface area contributed by atoms with Crippen molar-refractivity contribution in [1.82, 2.24) is 0 Å². The Morgan fingerprint density at radius 1 is 0.964 bits per heavy atom. The van der Waals surface area contributed by atoms with Gasteiger partial charge < -0.3 is 9.47 Å². The third kappa shape index (κ3) is 5.37. The number of hydrogen-bond donors (Lipinski definition) is 0. The average molecular weight is 383 g/mol. The Balaban J connectivity index is 2.50. The van der Waals surface area contributed by atoms with E-state index in [1.54, 1.807) is 7.11 Å². The second-order valence-electron chi connectivity index (χ2n) is 7.64. The molecule has 0 aliphatic rings. The summed E-state index contributed by atoms with van der Waals surface area (Å²) in [5, 5.41) is 0. The largest absolute Gasteiger partial charge is 0.496 e. The third-order valence-corrected chi connectivity index (χ3v) is 5.51. The quantitative estimate of drug-likeness (QED) is 0.363. The molecular weight excluding hydrogens is 348 g/mol. The van der Waals surface area contributed by atoms with Gasteiger partial charge in [0, 0.05) is 12.8 Å². The van der Waals surface area contributed by atoms with E-state index in [1.807, 2.05) is 13.0 Å². The van der Waals surface area contributed by atoms with Gasteiger partial charge in [-0.2, -0.15) is 0 Å². The van der Waals surface area contributed by atoms with Gasteiger partial charge in [-0.15, -0.1) is 0 Å². The van der Waals surface area contributed by atoms with Crippen LogP contribution in [-0.4, -0.2) is 13.1 Å². The van der Waals surface area contributed by atoms with E-state index in [-0.39, 0.29) is 5.97 Å². The van der Waals surface area contributed by atoms with E-state index < -0.39 is 0 Å². The van der Waals surface area contributed by atoms with Crippen molar-refractivity contribution in [2.24, 2.45) is 5.92 Å². The summed E-state index contributed by atoms with van der Waals surface area (Å²) < 4.78 is 10.8. The number of rotatable bonds is 9. The molecule has 0 aliphatic carbocycles. The van der Waals surface area contributed by atoms with Crippen molar-refractivity contribution in [3.05, 3.63) is 58.7 Å². The highest BCUT2D eigenvalue weighted by Crippen LogP contribution is 2.39. The number of carbonyl (C=O) groups is 1. The molecule has 0 fully saturated rings. The number of benzene rings is 2.